The van der Waals surface area contributed by atoms with Gasteiger partial charge in [-0.15, -0.1) is 0 Å². The Labute approximate surface area is 168 Å². The van der Waals surface area contributed by atoms with Gasteiger partial charge in [0.05, 0.1) is 22.2 Å². The zero-order chi connectivity index (χ0) is 18.8. The van der Waals surface area contributed by atoms with Crippen LogP contribution in [-0.2, 0) is 4.74 Å². The van der Waals surface area contributed by atoms with E-state index in [0.717, 1.165) is 20.4 Å². The summed E-state index contributed by atoms with van der Waals surface area (Å²) in [6.45, 7) is 0. The zero-order valence-corrected chi connectivity index (χ0v) is 16.7. The van der Waals surface area contributed by atoms with E-state index in [2.05, 4.69) is 28.7 Å². The molecule has 132 valence electrons. The Kier molecular flexibility index (Phi) is 5.20. The van der Waals surface area contributed by atoms with Gasteiger partial charge >= 0.3 is 0 Å². The van der Waals surface area contributed by atoms with Gasteiger partial charge in [0, 0.05) is 16.6 Å². The van der Waals surface area contributed by atoms with Gasteiger partial charge in [0.2, 0.25) is 11.8 Å². The van der Waals surface area contributed by atoms with Crippen LogP contribution in [0.5, 0.6) is 5.75 Å². The molecule has 26 heavy (non-hydrogen) atoms. The quantitative estimate of drug-likeness (QED) is 0.584. The topological polar surface area (TPSA) is 118 Å². The molecule has 1 aliphatic heterocycles. The van der Waals surface area contributed by atoms with E-state index in [-0.39, 0.29) is 17.4 Å². The molecule has 0 saturated heterocycles. The number of nitrogens with zero attached hydrogens (tertiary/aromatic N) is 1. The molecule has 8 heteroatoms. The molecule has 5 N–H and O–H groups in total. The number of hydrogen-bond acceptors (Lipinski definition) is 7. The van der Waals surface area contributed by atoms with Gasteiger partial charge in [-0.3, -0.25) is 5.41 Å². The van der Waals surface area contributed by atoms with Crippen LogP contribution in [0.2, 0.25) is 0 Å². The average Bonchev–Trinajstić information content (AvgIpc) is 3.15. The summed E-state index contributed by atoms with van der Waals surface area (Å²) in [5.41, 5.74) is 14.9. The number of thiophene rings is 1. The minimum Gasteiger partial charge on any atom is -0.496 e. The first-order chi connectivity index (χ1) is 12.5. The number of methoxy groups -OCH3 is 1. The highest BCUT2D eigenvalue weighted by atomic mass is 127. The van der Waals surface area contributed by atoms with Crippen LogP contribution in [0, 0.1) is 20.3 Å². The molecule has 0 radical (unpaired) electrons. The maximum absolute atomic E-state index is 9.65. The third kappa shape index (κ3) is 3.15. The average molecular weight is 478 g/mol. The summed E-state index contributed by atoms with van der Waals surface area (Å²) in [6, 6.07) is 9.54. The molecule has 1 atom stereocenters. The van der Waals surface area contributed by atoms with E-state index in [9.17, 15) is 5.26 Å². The number of ether oxygens (including phenoxy) is 2. The van der Waals surface area contributed by atoms with Gasteiger partial charge in [-0.1, -0.05) is 6.07 Å². The van der Waals surface area contributed by atoms with Gasteiger partial charge in [-0.2, -0.15) is 16.6 Å². The van der Waals surface area contributed by atoms with Gasteiger partial charge in [-0.05, 0) is 51.7 Å². The largest absolute Gasteiger partial charge is 0.496 e. The molecule has 0 amide bonds. The smallest absolute Gasteiger partial charge is 0.220 e. The Balaban J connectivity index is 2.26. The molecule has 3 rings (SSSR count). The van der Waals surface area contributed by atoms with E-state index in [1.54, 1.807) is 7.11 Å². The van der Waals surface area contributed by atoms with E-state index < -0.39 is 5.92 Å². The lowest BCUT2D eigenvalue weighted by Gasteiger charge is -2.28. The van der Waals surface area contributed by atoms with Crippen LogP contribution >= 0.6 is 33.9 Å². The first-order valence-electron chi connectivity index (χ1n) is 7.50. The molecule has 0 fully saturated rings. The van der Waals surface area contributed by atoms with Crippen molar-refractivity contribution >= 4 is 45.5 Å². The fourth-order valence-electron chi connectivity index (χ4n) is 2.80. The molecular formula is C18H15IN4O2S. The summed E-state index contributed by atoms with van der Waals surface area (Å²) in [4.78, 5) is 0. The van der Waals surface area contributed by atoms with Crippen LogP contribution < -0.4 is 16.2 Å². The van der Waals surface area contributed by atoms with Gasteiger partial charge < -0.3 is 20.9 Å². The van der Waals surface area contributed by atoms with Crippen LogP contribution in [0.3, 0.4) is 0 Å². The molecule has 0 saturated carbocycles. The number of rotatable bonds is 3. The van der Waals surface area contributed by atoms with Crippen LogP contribution in [0.25, 0.3) is 5.70 Å². The van der Waals surface area contributed by atoms with Gasteiger partial charge in [0.25, 0.3) is 0 Å². The van der Waals surface area contributed by atoms with Crippen molar-refractivity contribution in [2.24, 2.45) is 11.5 Å². The summed E-state index contributed by atoms with van der Waals surface area (Å²) in [5, 5.41) is 21.7. The molecule has 0 bridgehead atoms. The van der Waals surface area contributed by atoms with E-state index in [4.69, 9.17) is 26.4 Å². The van der Waals surface area contributed by atoms with Crippen molar-refractivity contribution in [3.8, 4) is 11.8 Å². The molecule has 1 aromatic carbocycles. The molecule has 6 nitrogen and oxygen atoms in total. The second kappa shape index (κ2) is 7.39. The van der Waals surface area contributed by atoms with Crippen molar-refractivity contribution in [1.82, 2.24) is 0 Å². The first-order valence-corrected chi connectivity index (χ1v) is 9.52. The van der Waals surface area contributed by atoms with Gasteiger partial charge in [-0.25, -0.2) is 0 Å². The Morgan fingerprint density at radius 3 is 2.77 bits per heavy atom. The molecule has 1 aliphatic rings. The lowest BCUT2D eigenvalue weighted by Crippen LogP contribution is -2.28. The van der Waals surface area contributed by atoms with Crippen LogP contribution in [0.15, 0.2) is 52.1 Å². The summed E-state index contributed by atoms with van der Waals surface area (Å²) < 4.78 is 11.5. The summed E-state index contributed by atoms with van der Waals surface area (Å²) >= 11 is 3.66. The predicted molar refractivity (Wildman–Crippen MR) is 110 cm³/mol. The summed E-state index contributed by atoms with van der Waals surface area (Å²) in [5.74, 6) is -0.0833. The van der Waals surface area contributed by atoms with Gasteiger partial charge in [0.1, 0.15) is 17.4 Å². The minimum atomic E-state index is -0.583. The van der Waals surface area contributed by atoms with E-state index >= 15 is 0 Å². The second-order valence-electron chi connectivity index (χ2n) is 5.49. The molecule has 2 heterocycles. The van der Waals surface area contributed by atoms with E-state index in [1.165, 1.54) is 11.3 Å². The second-order valence-corrected chi connectivity index (χ2v) is 7.43. The van der Waals surface area contributed by atoms with Crippen molar-refractivity contribution in [2.45, 2.75) is 5.92 Å². The number of halogens is 1. The first kappa shape index (κ1) is 18.3. The van der Waals surface area contributed by atoms with Gasteiger partial charge in [0.15, 0.2) is 0 Å². The zero-order valence-electron chi connectivity index (χ0n) is 13.7. The van der Waals surface area contributed by atoms with Crippen molar-refractivity contribution in [1.29, 1.82) is 10.7 Å². The highest BCUT2D eigenvalue weighted by molar-refractivity contribution is 14.1. The molecule has 1 unspecified atom stereocenters. The van der Waals surface area contributed by atoms with Crippen molar-refractivity contribution in [3.05, 3.63) is 66.8 Å². The predicted octanol–water partition coefficient (Wildman–Crippen LogP) is 3.52. The van der Waals surface area contributed by atoms with Crippen LogP contribution in [0.4, 0.5) is 0 Å². The standard InChI is InChI=1S/C18H15IN4O2S/c1-24-13-3-2-9(6-12(13)19)14-11(7-20)17(22)25-18(23)15(14)16(21)10-4-5-26-8-10/h2-6,8,14,23H,21-22H2,1H3/b16-15-,23-18?. The number of hydrogen-bond donors (Lipinski definition) is 3. The molecule has 1 aromatic heterocycles. The lowest BCUT2D eigenvalue weighted by molar-refractivity contribution is 0.384. The molecule has 2 aromatic rings. The number of benzene rings is 1. The number of nitriles is 1. The Morgan fingerprint density at radius 2 is 2.19 bits per heavy atom. The lowest BCUT2D eigenvalue weighted by atomic mass is 9.81. The van der Waals surface area contributed by atoms with Crippen molar-refractivity contribution in [2.75, 3.05) is 7.11 Å². The molecule has 0 spiro atoms. The number of nitrogens with one attached hydrogen (secondary N) is 1. The Hall–Kier alpha value is -2.51. The third-order valence-corrected chi connectivity index (χ3v) is 5.58. The normalized spacial score (nSPS) is 19.0. The number of allylic oxidation sites excluding steroid dienone is 1. The van der Waals surface area contributed by atoms with Crippen molar-refractivity contribution in [3.63, 3.8) is 0 Å². The molecular weight excluding hydrogens is 463 g/mol. The van der Waals surface area contributed by atoms with E-state index in [0.29, 0.717) is 11.3 Å². The Bertz CT molecular complexity index is 974. The van der Waals surface area contributed by atoms with E-state index in [1.807, 2.05) is 35.0 Å². The molecule has 0 aliphatic carbocycles. The third-order valence-electron chi connectivity index (χ3n) is 4.05. The van der Waals surface area contributed by atoms with Crippen molar-refractivity contribution < 1.29 is 9.47 Å². The monoisotopic (exact) mass is 478 g/mol. The number of nitrogens with two attached hydrogens (primary N) is 2. The van der Waals surface area contributed by atoms with Crippen LogP contribution in [-0.4, -0.2) is 13.0 Å². The fourth-order valence-corrected chi connectivity index (χ4v) is 4.22. The SMILES string of the molecule is COc1ccc(C2C(C#N)=C(N)OC(=N)/C2=C(\N)c2ccsc2)cc1I. The highest BCUT2D eigenvalue weighted by Gasteiger charge is 2.35. The highest BCUT2D eigenvalue weighted by Crippen LogP contribution is 2.41. The van der Waals surface area contributed by atoms with Crippen LogP contribution in [0.1, 0.15) is 17.0 Å². The maximum atomic E-state index is 9.65. The minimum absolute atomic E-state index is 0.0739. The summed E-state index contributed by atoms with van der Waals surface area (Å²) in [6.07, 6.45) is 0. The fraction of sp³-hybridized carbons (Fsp3) is 0.111. The summed E-state index contributed by atoms with van der Waals surface area (Å²) in [7, 11) is 1.60. The Morgan fingerprint density at radius 1 is 1.42 bits per heavy atom. The maximum Gasteiger partial charge on any atom is 0.220 e.